The van der Waals surface area contributed by atoms with Crippen LogP contribution in [0.15, 0.2) is 23.2 Å². The van der Waals surface area contributed by atoms with Crippen LogP contribution in [0.5, 0.6) is 5.75 Å². The highest BCUT2D eigenvalue weighted by molar-refractivity contribution is 7.82. The van der Waals surface area contributed by atoms with E-state index in [9.17, 15) is 0 Å². The van der Waals surface area contributed by atoms with E-state index in [0.717, 1.165) is 61.1 Å². The first kappa shape index (κ1) is 18.6. The third-order valence-electron chi connectivity index (χ3n) is 7.66. The van der Waals surface area contributed by atoms with Crippen LogP contribution in [0.2, 0.25) is 0 Å². The summed E-state index contributed by atoms with van der Waals surface area (Å²) >= 11 is 5.62. The number of thiocarbonyl (C=S) groups is 1. The molecule has 4 nitrogen and oxygen atoms in total. The lowest BCUT2D eigenvalue weighted by Gasteiger charge is -2.46. The molecule has 0 amide bonds. The molecule has 3 aliphatic carbocycles. The number of nitrogens with zero attached hydrogens (tertiary/aromatic N) is 1. The molecule has 0 radical (unpaired) electrons. The Labute approximate surface area is 173 Å². The molecular formula is C23H30N2O2S. The van der Waals surface area contributed by atoms with Gasteiger partial charge in [0.25, 0.3) is 0 Å². The number of nitrogens with one attached hydrogen (secondary N) is 1. The summed E-state index contributed by atoms with van der Waals surface area (Å²) < 4.78 is 11.8. The zero-order chi connectivity index (χ0) is 19.4. The average molecular weight is 399 g/mol. The van der Waals surface area contributed by atoms with Gasteiger partial charge in [-0.05, 0) is 75.5 Å². The number of ether oxygens (including phenoxy) is 2. The van der Waals surface area contributed by atoms with Gasteiger partial charge in [0.2, 0.25) is 0 Å². The van der Waals surface area contributed by atoms with Gasteiger partial charge < -0.3 is 14.8 Å². The van der Waals surface area contributed by atoms with Crippen LogP contribution in [0.3, 0.4) is 0 Å². The number of hydrogen-bond acceptors (Lipinski definition) is 4. The molecule has 5 heteroatoms. The summed E-state index contributed by atoms with van der Waals surface area (Å²) in [7, 11) is 1.83. The van der Waals surface area contributed by atoms with Gasteiger partial charge in [-0.2, -0.15) is 0 Å². The smallest absolute Gasteiger partial charge is 0.163 e. The maximum atomic E-state index is 6.17. The van der Waals surface area contributed by atoms with Crippen molar-refractivity contribution in [3.63, 3.8) is 0 Å². The molecule has 4 aliphatic rings. The molecule has 1 unspecified atom stereocenters. The first-order valence-electron chi connectivity index (χ1n) is 10.7. The van der Waals surface area contributed by atoms with E-state index in [1.54, 1.807) is 0 Å². The van der Waals surface area contributed by atoms with Crippen LogP contribution in [-0.2, 0) is 16.8 Å². The summed E-state index contributed by atoms with van der Waals surface area (Å²) in [5, 5.41) is 3.67. The Hall–Kier alpha value is -1.46. The predicted molar refractivity (Wildman–Crippen MR) is 115 cm³/mol. The zero-order valence-corrected chi connectivity index (χ0v) is 17.7. The van der Waals surface area contributed by atoms with Crippen molar-refractivity contribution in [3.05, 3.63) is 29.3 Å². The lowest BCUT2D eigenvalue weighted by molar-refractivity contribution is -0.00617. The van der Waals surface area contributed by atoms with Crippen molar-refractivity contribution in [2.24, 2.45) is 16.3 Å². The molecule has 2 saturated carbocycles. The van der Waals surface area contributed by atoms with E-state index >= 15 is 0 Å². The minimum absolute atomic E-state index is 0.0682. The highest BCUT2D eigenvalue weighted by atomic mass is 32.1. The van der Waals surface area contributed by atoms with Crippen molar-refractivity contribution in [1.82, 2.24) is 5.32 Å². The van der Waals surface area contributed by atoms with E-state index in [0.29, 0.717) is 6.10 Å². The van der Waals surface area contributed by atoms with Crippen LogP contribution in [0.4, 0.5) is 0 Å². The van der Waals surface area contributed by atoms with Gasteiger partial charge in [-0.1, -0.05) is 24.7 Å². The molecule has 2 spiro atoms. The fraction of sp³-hybridized carbons (Fsp3) is 0.652. The molecule has 0 bridgehead atoms. The first-order chi connectivity index (χ1) is 13.6. The summed E-state index contributed by atoms with van der Waals surface area (Å²) in [4.78, 5) is 5.99. The maximum Gasteiger partial charge on any atom is 0.163 e. The number of hydrogen-bond donors (Lipinski definition) is 1. The molecule has 0 aromatic heterocycles. The third-order valence-corrected chi connectivity index (χ3v) is 8.06. The van der Waals surface area contributed by atoms with Crippen molar-refractivity contribution in [3.8, 4) is 5.75 Å². The summed E-state index contributed by atoms with van der Waals surface area (Å²) in [6, 6.07) is 6.65. The predicted octanol–water partition coefficient (Wildman–Crippen LogP) is 4.54. The van der Waals surface area contributed by atoms with Crippen LogP contribution in [-0.4, -0.2) is 30.5 Å². The molecule has 1 aromatic carbocycles. The van der Waals surface area contributed by atoms with Gasteiger partial charge in [-0.15, -0.1) is 0 Å². The first-order valence-corrected chi connectivity index (χ1v) is 11.1. The Morgan fingerprint density at radius 1 is 1.21 bits per heavy atom. The number of rotatable bonds is 4. The average Bonchev–Trinajstić information content (AvgIpc) is 3.10. The molecule has 28 heavy (non-hydrogen) atoms. The van der Waals surface area contributed by atoms with E-state index < -0.39 is 5.66 Å². The lowest BCUT2D eigenvalue weighted by Crippen LogP contribution is -2.52. The van der Waals surface area contributed by atoms with Crippen LogP contribution in [0.1, 0.15) is 63.0 Å². The van der Waals surface area contributed by atoms with E-state index in [2.05, 4.69) is 23.5 Å². The van der Waals surface area contributed by atoms with Crippen molar-refractivity contribution < 1.29 is 9.47 Å². The quantitative estimate of drug-likeness (QED) is 0.756. The van der Waals surface area contributed by atoms with Crippen molar-refractivity contribution >= 4 is 22.9 Å². The summed E-state index contributed by atoms with van der Waals surface area (Å²) in [5.41, 5.74) is 3.25. The monoisotopic (exact) mass is 398 g/mol. The van der Waals surface area contributed by atoms with Crippen molar-refractivity contribution in [1.29, 1.82) is 0 Å². The van der Waals surface area contributed by atoms with Gasteiger partial charge in [0.1, 0.15) is 10.7 Å². The van der Waals surface area contributed by atoms with Gasteiger partial charge in [-0.3, -0.25) is 4.99 Å². The highest BCUT2D eigenvalue weighted by Gasteiger charge is 2.61. The fourth-order valence-electron chi connectivity index (χ4n) is 5.67. The summed E-state index contributed by atoms with van der Waals surface area (Å²) in [6.45, 7) is 2.87. The molecule has 0 saturated heterocycles. The van der Waals surface area contributed by atoms with E-state index in [4.69, 9.17) is 26.7 Å². The topological polar surface area (TPSA) is 42.9 Å². The Morgan fingerprint density at radius 3 is 2.61 bits per heavy atom. The Morgan fingerprint density at radius 2 is 2.00 bits per heavy atom. The lowest BCUT2D eigenvalue weighted by atomic mass is 9.65. The second-order valence-corrected chi connectivity index (χ2v) is 9.59. The van der Waals surface area contributed by atoms with Gasteiger partial charge in [0.15, 0.2) is 5.66 Å². The van der Waals surface area contributed by atoms with E-state index in [-0.39, 0.29) is 5.41 Å². The van der Waals surface area contributed by atoms with Gasteiger partial charge in [0, 0.05) is 18.1 Å². The molecule has 1 N–H and O–H groups in total. The van der Waals surface area contributed by atoms with Crippen molar-refractivity contribution in [2.75, 3.05) is 13.7 Å². The fourth-order valence-corrected chi connectivity index (χ4v) is 5.86. The van der Waals surface area contributed by atoms with Crippen LogP contribution < -0.4 is 10.1 Å². The Balaban J connectivity index is 1.50. The molecule has 1 aliphatic heterocycles. The number of methoxy groups -OCH3 is 1. The van der Waals surface area contributed by atoms with E-state index in [1.807, 2.05) is 14.0 Å². The summed E-state index contributed by atoms with van der Waals surface area (Å²) in [5.74, 6) is 1.70. The standard InChI is InChI=1S/C23H30N2O2S/c1-15-21(28)25-23(24-15)20-12-19(27-14-16-4-3-5-16)7-6-17(20)13-22(23)10-8-18(26-2)9-11-22/h6-7,12,16,18H,3-5,8-11,13-14H2,1-2H3,(H,25,28)/t18-,22-,23?. The maximum absolute atomic E-state index is 6.17. The van der Waals surface area contributed by atoms with Crippen LogP contribution in [0, 0.1) is 11.3 Å². The molecule has 5 rings (SSSR count). The molecule has 1 atom stereocenters. The van der Waals surface area contributed by atoms with Crippen molar-refractivity contribution in [2.45, 2.75) is 70.1 Å². The third kappa shape index (κ3) is 2.73. The highest BCUT2D eigenvalue weighted by Crippen LogP contribution is 2.60. The van der Waals surface area contributed by atoms with Crippen LogP contribution >= 0.6 is 12.2 Å². The van der Waals surface area contributed by atoms with Gasteiger partial charge in [0.05, 0.1) is 18.4 Å². The zero-order valence-electron chi connectivity index (χ0n) is 16.9. The molecule has 1 aromatic rings. The summed E-state index contributed by atoms with van der Waals surface area (Å²) in [6.07, 6.45) is 9.74. The minimum atomic E-state index is -0.432. The molecule has 2 fully saturated rings. The number of fused-ring (bicyclic) bond motifs is 3. The van der Waals surface area contributed by atoms with Gasteiger partial charge >= 0.3 is 0 Å². The van der Waals surface area contributed by atoms with E-state index in [1.165, 1.54) is 30.4 Å². The normalized spacial score (nSPS) is 34.3. The molecular weight excluding hydrogens is 368 g/mol. The largest absolute Gasteiger partial charge is 0.493 e. The van der Waals surface area contributed by atoms with Crippen LogP contribution in [0.25, 0.3) is 0 Å². The second kappa shape index (κ2) is 6.81. The second-order valence-electron chi connectivity index (χ2n) is 9.18. The Kier molecular flexibility index (Phi) is 4.51. The molecule has 150 valence electrons. The Bertz CT molecular complexity index is 824. The minimum Gasteiger partial charge on any atom is -0.493 e. The number of aliphatic imine (C=N–C) groups is 1. The number of benzene rings is 1. The molecule has 1 heterocycles. The SMILES string of the molecule is CO[C@H]1CC[C@]2(CC1)Cc1ccc(OCC3CCC3)cc1C21N=C(C)C(=S)N1. The van der Waals surface area contributed by atoms with Gasteiger partial charge in [-0.25, -0.2) is 0 Å².